The van der Waals surface area contributed by atoms with E-state index in [2.05, 4.69) is 28.3 Å². The number of carbonyl (C=O) groups is 1. The molecule has 5 atom stereocenters. The summed E-state index contributed by atoms with van der Waals surface area (Å²) in [4.78, 5) is 19.7. The number of piperidine rings is 1. The third-order valence-electron chi connectivity index (χ3n) is 9.53. The van der Waals surface area contributed by atoms with E-state index in [1.54, 1.807) is 24.4 Å². The molecule has 4 N–H and O–H groups in total. The van der Waals surface area contributed by atoms with E-state index in [1.807, 2.05) is 19.1 Å². The van der Waals surface area contributed by atoms with Crippen LogP contribution in [0.25, 0.3) is 5.76 Å². The van der Waals surface area contributed by atoms with Crippen LogP contribution in [-0.2, 0) is 26.7 Å². The Morgan fingerprint density at radius 1 is 1.16 bits per heavy atom. The van der Waals surface area contributed by atoms with Gasteiger partial charge in [0.2, 0.25) is 0 Å². The van der Waals surface area contributed by atoms with Gasteiger partial charge in [0.15, 0.2) is 28.1 Å². The second-order valence-corrected chi connectivity index (χ2v) is 15.0. The molecule has 44 heavy (non-hydrogen) atoms. The molecular weight excluding hydrogens is 604 g/mol. The predicted octanol–water partition coefficient (Wildman–Crippen LogP) is 3.15. The molecule has 1 saturated heterocycles. The van der Waals surface area contributed by atoms with Gasteiger partial charge in [-0.3, -0.25) is 14.4 Å². The maximum atomic E-state index is 12.5. The minimum atomic E-state index is -3.90. The lowest BCUT2D eigenvalue weighted by Gasteiger charge is -2.56. The second-order valence-electron chi connectivity index (χ2n) is 11.8. The number of phenolic OH excluding ortho intramolecular Hbond substituents is 1. The minimum absolute atomic E-state index is 0.0401. The van der Waals surface area contributed by atoms with Gasteiger partial charge in [-0.1, -0.05) is 30.4 Å². The topological polar surface area (TPSA) is 153 Å². The number of likely N-dealkylation sites (N-methyl/N-ethyl adjacent to an activating group) is 2. The van der Waals surface area contributed by atoms with E-state index in [9.17, 15) is 28.5 Å². The van der Waals surface area contributed by atoms with Crippen LogP contribution in [0.3, 0.4) is 0 Å². The smallest absolute Gasteiger partial charge is 0.278 e. The summed E-state index contributed by atoms with van der Waals surface area (Å²) in [5.74, 6) is 0.0652. The third-order valence-corrected chi connectivity index (χ3v) is 12.2. The highest BCUT2D eigenvalue weighted by Gasteiger charge is 2.64. The molecule has 2 aliphatic carbocycles. The molecule has 1 amide bonds. The lowest BCUT2D eigenvalue weighted by Crippen LogP contribution is -2.64. The SMILES string of the molecule is CN1CC[C@]23c4c5ccc(O)c4O[C@H]2[C@@H](O)C=C[C@H]3[C@H]1C5.Cc1cnc(NC(=O)C2=C(O)c3ccccc3S(=O)(=O)N2C)s1. The van der Waals surface area contributed by atoms with Crippen LogP contribution >= 0.6 is 11.3 Å². The number of nitrogens with zero attached hydrogens (tertiary/aromatic N) is 3. The zero-order valence-corrected chi connectivity index (χ0v) is 25.9. The van der Waals surface area contributed by atoms with Crippen LogP contribution in [0.2, 0.25) is 0 Å². The number of rotatable bonds is 2. The molecule has 1 spiro atoms. The van der Waals surface area contributed by atoms with Crippen molar-refractivity contribution in [2.75, 3.05) is 26.0 Å². The fourth-order valence-corrected chi connectivity index (χ4v) is 9.55. The number of sulfonamides is 1. The van der Waals surface area contributed by atoms with Gasteiger partial charge in [0.25, 0.3) is 15.9 Å². The first kappa shape index (κ1) is 28.8. The Morgan fingerprint density at radius 2 is 1.93 bits per heavy atom. The first-order valence-electron chi connectivity index (χ1n) is 14.3. The van der Waals surface area contributed by atoms with Gasteiger partial charge in [-0.15, -0.1) is 11.3 Å². The highest BCUT2D eigenvalue weighted by Crippen LogP contribution is 2.62. The number of likely N-dealkylation sites (tertiary alicyclic amines) is 1. The fraction of sp³-hybridized carbons (Fsp3) is 0.355. The summed E-state index contributed by atoms with van der Waals surface area (Å²) in [5, 5.41) is 33.9. The summed E-state index contributed by atoms with van der Waals surface area (Å²) in [5.41, 5.74) is 2.06. The van der Waals surface area contributed by atoms with Crippen LogP contribution in [0, 0.1) is 12.8 Å². The van der Waals surface area contributed by atoms with Gasteiger partial charge in [0.1, 0.15) is 12.2 Å². The number of aromatic hydroxyl groups is 1. The van der Waals surface area contributed by atoms with Gasteiger partial charge in [-0.25, -0.2) is 13.4 Å². The molecule has 1 aromatic heterocycles. The molecule has 11 nitrogen and oxygen atoms in total. The normalized spacial score (nSPS) is 28.8. The summed E-state index contributed by atoms with van der Waals surface area (Å²) >= 11 is 1.25. The van der Waals surface area contributed by atoms with E-state index in [0.29, 0.717) is 22.8 Å². The number of fused-ring (bicyclic) bond motifs is 1. The number of aliphatic hydroxyl groups is 2. The number of phenols is 1. The van der Waals surface area contributed by atoms with Crippen molar-refractivity contribution >= 4 is 38.2 Å². The number of nitrogens with one attached hydrogen (secondary N) is 1. The minimum Gasteiger partial charge on any atom is -0.505 e. The molecule has 4 heterocycles. The quantitative estimate of drug-likeness (QED) is 0.311. The first-order chi connectivity index (χ1) is 20.9. The third kappa shape index (κ3) is 4.03. The van der Waals surface area contributed by atoms with Crippen LogP contribution in [0.5, 0.6) is 11.5 Å². The fourth-order valence-electron chi connectivity index (χ4n) is 7.49. The zero-order valence-electron chi connectivity index (χ0n) is 24.3. The lowest BCUT2D eigenvalue weighted by molar-refractivity contribution is -0.113. The molecule has 1 fully saturated rings. The maximum absolute atomic E-state index is 12.5. The largest absolute Gasteiger partial charge is 0.505 e. The first-order valence-corrected chi connectivity index (χ1v) is 16.5. The van der Waals surface area contributed by atoms with Gasteiger partial charge in [-0.2, -0.15) is 0 Å². The van der Waals surface area contributed by atoms with Crippen molar-refractivity contribution in [3.8, 4) is 11.5 Å². The highest BCUT2D eigenvalue weighted by molar-refractivity contribution is 7.89. The molecule has 5 aliphatic rings. The van der Waals surface area contributed by atoms with Crippen molar-refractivity contribution in [2.45, 2.75) is 48.3 Å². The Bertz CT molecular complexity index is 1870. The summed E-state index contributed by atoms with van der Waals surface area (Å²) in [6.07, 6.45) is 6.77. The van der Waals surface area contributed by atoms with Gasteiger partial charge in [0, 0.05) is 46.6 Å². The molecule has 0 saturated carbocycles. The number of benzene rings is 2. The molecule has 0 radical (unpaired) electrons. The van der Waals surface area contributed by atoms with E-state index < -0.39 is 22.0 Å². The van der Waals surface area contributed by atoms with Crippen LogP contribution in [0.15, 0.2) is 65.3 Å². The Kier molecular flexibility index (Phi) is 6.59. The number of amides is 1. The lowest BCUT2D eigenvalue weighted by atomic mass is 9.53. The number of aromatic nitrogens is 1. The number of hydrogen-bond acceptors (Lipinski definition) is 10. The average molecular weight is 637 g/mol. The van der Waals surface area contributed by atoms with Crippen molar-refractivity contribution in [1.29, 1.82) is 0 Å². The molecule has 3 aliphatic heterocycles. The Morgan fingerprint density at radius 3 is 2.68 bits per heavy atom. The number of thiazole rings is 1. The zero-order chi connectivity index (χ0) is 31.1. The van der Waals surface area contributed by atoms with Gasteiger partial charge in [-0.05, 0) is 57.1 Å². The molecular formula is C31H32N4O7S2. The number of aliphatic hydroxyl groups excluding tert-OH is 2. The van der Waals surface area contributed by atoms with Crippen LogP contribution < -0.4 is 10.1 Å². The summed E-state index contributed by atoms with van der Waals surface area (Å²) in [7, 11) is -0.484. The van der Waals surface area contributed by atoms with E-state index >= 15 is 0 Å². The predicted molar refractivity (Wildman–Crippen MR) is 164 cm³/mol. The summed E-state index contributed by atoms with van der Waals surface area (Å²) < 4.78 is 31.9. The standard InChI is InChI=1S/C17H19NO3.C14H13N3O4S2/c1-18-7-6-17-10-3-5-13(20)16(17)21-15-12(19)4-2-9(14(15)17)8-11(10)18;1-8-7-15-14(22-8)16-13(19)11-12(18)9-5-3-4-6-10(9)23(20,21)17(11)2/h2-5,10-11,13,16,19-20H,6-8H2,1H3;3-7,18H,1-2H3,(H,15,16,19)/t10-,11+,13-,16-,17-;/m0./s1. The summed E-state index contributed by atoms with van der Waals surface area (Å²) in [6, 6.07) is 10.2. The van der Waals surface area contributed by atoms with Crippen molar-refractivity contribution < 1.29 is 33.3 Å². The molecule has 0 unspecified atom stereocenters. The van der Waals surface area contributed by atoms with Crippen LogP contribution in [0.4, 0.5) is 5.13 Å². The maximum Gasteiger partial charge on any atom is 0.278 e. The molecule has 13 heteroatoms. The van der Waals surface area contributed by atoms with E-state index in [0.717, 1.165) is 28.6 Å². The molecule has 3 aromatic rings. The summed E-state index contributed by atoms with van der Waals surface area (Å²) in [6.45, 7) is 2.84. The van der Waals surface area contributed by atoms with E-state index in [1.165, 1.54) is 41.6 Å². The Balaban J connectivity index is 0.000000142. The Labute approximate surface area is 258 Å². The number of hydrogen-bond donors (Lipinski definition) is 4. The Hall–Kier alpha value is -3.91. The highest BCUT2D eigenvalue weighted by atomic mass is 32.2. The molecule has 2 bridgehead atoms. The van der Waals surface area contributed by atoms with Crippen LogP contribution in [0.1, 0.15) is 28.0 Å². The monoisotopic (exact) mass is 636 g/mol. The number of ether oxygens (including phenoxy) is 1. The van der Waals surface area contributed by atoms with Gasteiger partial charge in [0.05, 0.1) is 4.90 Å². The van der Waals surface area contributed by atoms with Crippen molar-refractivity contribution in [3.63, 3.8) is 0 Å². The molecule has 2 aromatic carbocycles. The number of carbonyl (C=O) groups excluding carboxylic acids is 1. The van der Waals surface area contributed by atoms with Crippen molar-refractivity contribution in [2.24, 2.45) is 5.92 Å². The van der Waals surface area contributed by atoms with Crippen molar-refractivity contribution in [1.82, 2.24) is 14.2 Å². The van der Waals surface area contributed by atoms with E-state index in [-0.39, 0.29) is 39.2 Å². The average Bonchev–Trinajstić information content (AvgIpc) is 3.57. The van der Waals surface area contributed by atoms with Crippen molar-refractivity contribution in [3.05, 3.63) is 82.0 Å². The van der Waals surface area contributed by atoms with Gasteiger partial charge >= 0.3 is 0 Å². The molecule has 8 rings (SSSR count). The second kappa shape index (κ2) is 10.1. The number of anilines is 1. The van der Waals surface area contributed by atoms with E-state index in [4.69, 9.17) is 4.74 Å². The van der Waals surface area contributed by atoms with Crippen LogP contribution in [-0.4, -0.2) is 82.7 Å². The number of aryl methyl sites for hydroxylation is 1. The van der Waals surface area contributed by atoms with Gasteiger partial charge < -0.3 is 25.0 Å². The molecule has 230 valence electrons.